The Labute approximate surface area is 172 Å². The zero-order valence-corrected chi connectivity index (χ0v) is 16.5. The topological polar surface area (TPSA) is 82.4 Å². The maximum Gasteiger partial charge on any atom is 0.279 e. The molecule has 0 aliphatic carbocycles. The fourth-order valence-electron chi connectivity index (χ4n) is 3.25. The lowest BCUT2D eigenvalue weighted by atomic mass is 10.1. The summed E-state index contributed by atoms with van der Waals surface area (Å²) >= 11 is 0. The number of para-hydroxylation sites is 4. The van der Waals surface area contributed by atoms with Crippen molar-refractivity contribution in [3.63, 3.8) is 0 Å². The molecule has 0 bridgehead atoms. The molecule has 0 spiro atoms. The molecule has 1 aromatic heterocycles. The van der Waals surface area contributed by atoms with Crippen molar-refractivity contribution in [3.8, 4) is 17.2 Å². The fraction of sp³-hybridized carbons (Fsp3) is 0.0870. The van der Waals surface area contributed by atoms with E-state index >= 15 is 0 Å². The number of anilines is 1. The van der Waals surface area contributed by atoms with Crippen LogP contribution in [0.5, 0.6) is 11.5 Å². The Bertz CT molecular complexity index is 1300. The minimum absolute atomic E-state index is 0.113. The van der Waals surface area contributed by atoms with E-state index in [1.807, 2.05) is 6.07 Å². The largest absolute Gasteiger partial charge is 0.495 e. The molecule has 0 saturated heterocycles. The number of ether oxygens (including phenoxy) is 2. The summed E-state index contributed by atoms with van der Waals surface area (Å²) < 4.78 is 11.9. The number of amides is 1. The predicted octanol–water partition coefficient (Wildman–Crippen LogP) is 3.66. The van der Waals surface area contributed by atoms with E-state index in [9.17, 15) is 9.59 Å². The average molecular weight is 401 g/mol. The van der Waals surface area contributed by atoms with Gasteiger partial charge in [0, 0.05) is 5.39 Å². The molecule has 1 amide bonds. The summed E-state index contributed by atoms with van der Waals surface area (Å²) in [6, 6.07) is 21.0. The number of hydrogen-bond donors (Lipinski definition) is 1. The molecule has 3 aromatic carbocycles. The fourth-order valence-corrected chi connectivity index (χ4v) is 3.25. The molecular weight excluding hydrogens is 382 g/mol. The number of carbonyl (C=O) groups is 1. The summed E-state index contributed by atoms with van der Waals surface area (Å²) in [7, 11) is 3.04. The van der Waals surface area contributed by atoms with Crippen LogP contribution in [0.2, 0.25) is 0 Å². The van der Waals surface area contributed by atoms with Gasteiger partial charge in [-0.1, -0.05) is 42.5 Å². The van der Waals surface area contributed by atoms with Gasteiger partial charge < -0.3 is 14.8 Å². The lowest BCUT2D eigenvalue weighted by Gasteiger charge is -2.14. The van der Waals surface area contributed by atoms with Crippen LogP contribution in [-0.2, 0) is 0 Å². The van der Waals surface area contributed by atoms with Gasteiger partial charge in [0.05, 0.1) is 25.3 Å². The molecule has 30 heavy (non-hydrogen) atoms. The third-order valence-electron chi connectivity index (χ3n) is 4.69. The van der Waals surface area contributed by atoms with Crippen LogP contribution in [-0.4, -0.2) is 29.9 Å². The number of methoxy groups -OCH3 is 2. The van der Waals surface area contributed by atoms with Crippen molar-refractivity contribution >= 4 is 22.4 Å². The van der Waals surface area contributed by atoms with Crippen molar-refractivity contribution < 1.29 is 14.3 Å². The third kappa shape index (κ3) is 3.37. The summed E-state index contributed by atoms with van der Waals surface area (Å²) in [6.07, 6.45) is 0. The van der Waals surface area contributed by atoms with Crippen LogP contribution < -0.4 is 20.3 Å². The minimum Gasteiger partial charge on any atom is -0.495 e. The Kier molecular flexibility index (Phi) is 5.17. The van der Waals surface area contributed by atoms with E-state index < -0.39 is 5.91 Å². The maximum atomic E-state index is 13.2. The summed E-state index contributed by atoms with van der Waals surface area (Å²) in [6.45, 7) is 0. The second kappa shape index (κ2) is 8.08. The monoisotopic (exact) mass is 401 g/mol. The molecule has 0 unspecified atom stereocenters. The van der Waals surface area contributed by atoms with Crippen molar-refractivity contribution in [1.82, 2.24) is 9.78 Å². The average Bonchev–Trinajstić information content (AvgIpc) is 2.80. The first kappa shape index (κ1) is 19.2. The second-order valence-electron chi connectivity index (χ2n) is 6.44. The van der Waals surface area contributed by atoms with Gasteiger partial charge >= 0.3 is 0 Å². The standard InChI is InChI=1S/C23H19N3O4/c1-29-19-13-7-5-11-17(19)24-22(27)21-15-9-3-4-10-16(15)23(28)26(25-21)18-12-6-8-14-20(18)30-2/h3-14H,1-2H3,(H,24,27). The van der Waals surface area contributed by atoms with E-state index in [0.717, 1.165) is 0 Å². The highest BCUT2D eigenvalue weighted by molar-refractivity contribution is 6.11. The lowest BCUT2D eigenvalue weighted by Crippen LogP contribution is -2.27. The highest BCUT2D eigenvalue weighted by Gasteiger charge is 2.19. The van der Waals surface area contributed by atoms with Crippen molar-refractivity contribution in [2.45, 2.75) is 0 Å². The Morgan fingerprint density at radius 3 is 2.17 bits per heavy atom. The number of nitrogens with zero attached hydrogens (tertiary/aromatic N) is 2. The molecule has 0 atom stereocenters. The molecule has 0 saturated carbocycles. The van der Waals surface area contributed by atoms with E-state index in [-0.39, 0.29) is 11.3 Å². The number of rotatable bonds is 5. The van der Waals surface area contributed by atoms with Crippen molar-refractivity contribution in [3.05, 3.63) is 88.8 Å². The normalized spacial score (nSPS) is 10.6. The predicted molar refractivity (Wildman–Crippen MR) is 115 cm³/mol. The van der Waals surface area contributed by atoms with Gasteiger partial charge in [-0.3, -0.25) is 9.59 Å². The summed E-state index contributed by atoms with van der Waals surface area (Å²) in [5.74, 6) is 0.533. The number of aromatic nitrogens is 2. The van der Waals surface area contributed by atoms with Gasteiger partial charge in [0.2, 0.25) is 0 Å². The molecule has 4 rings (SSSR count). The molecule has 4 aromatic rings. The zero-order chi connectivity index (χ0) is 21.1. The summed E-state index contributed by atoms with van der Waals surface area (Å²) in [5.41, 5.74) is 0.721. The van der Waals surface area contributed by atoms with Crippen LogP contribution >= 0.6 is 0 Å². The highest BCUT2D eigenvalue weighted by atomic mass is 16.5. The SMILES string of the molecule is COc1ccccc1NC(=O)c1nn(-c2ccccc2OC)c(=O)c2ccccc12. The minimum atomic E-state index is -0.459. The zero-order valence-electron chi connectivity index (χ0n) is 16.5. The van der Waals surface area contributed by atoms with Crippen molar-refractivity contribution in [1.29, 1.82) is 0 Å². The Hall–Kier alpha value is -4.13. The van der Waals surface area contributed by atoms with Gasteiger partial charge in [0.1, 0.15) is 17.2 Å². The molecule has 7 heteroatoms. The van der Waals surface area contributed by atoms with E-state index in [4.69, 9.17) is 9.47 Å². The summed E-state index contributed by atoms with van der Waals surface area (Å²) in [5, 5.41) is 8.06. The van der Waals surface area contributed by atoms with E-state index in [1.165, 1.54) is 18.9 Å². The maximum absolute atomic E-state index is 13.2. The van der Waals surface area contributed by atoms with Gasteiger partial charge in [-0.15, -0.1) is 0 Å². The number of nitrogens with one attached hydrogen (secondary N) is 1. The van der Waals surface area contributed by atoms with Gasteiger partial charge in [-0.2, -0.15) is 9.78 Å². The Morgan fingerprint density at radius 1 is 0.833 bits per heavy atom. The van der Waals surface area contributed by atoms with Crippen LogP contribution in [0, 0.1) is 0 Å². The van der Waals surface area contributed by atoms with Crippen LogP contribution in [0.1, 0.15) is 10.5 Å². The van der Waals surface area contributed by atoms with Crippen LogP contribution in [0.15, 0.2) is 77.6 Å². The molecular formula is C23H19N3O4. The Balaban J connectivity index is 1.90. The Morgan fingerprint density at radius 2 is 1.43 bits per heavy atom. The molecule has 1 N–H and O–H groups in total. The first-order chi connectivity index (χ1) is 14.6. The van der Waals surface area contributed by atoms with Crippen molar-refractivity contribution in [2.75, 3.05) is 19.5 Å². The molecule has 0 aliphatic rings. The lowest BCUT2D eigenvalue weighted by molar-refractivity contribution is 0.102. The number of hydrogen-bond acceptors (Lipinski definition) is 5. The number of carbonyl (C=O) groups excluding carboxylic acids is 1. The van der Waals surface area contributed by atoms with E-state index in [1.54, 1.807) is 66.7 Å². The third-order valence-corrected chi connectivity index (χ3v) is 4.69. The highest BCUT2D eigenvalue weighted by Crippen LogP contribution is 2.25. The molecule has 0 radical (unpaired) electrons. The van der Waals surface area contributed by atoms with Crippen LogP contribution in [0.25, 0.3) is 16.5 Å². The second-order valence-corrected chi connectivity index (χ2v) is 6.44. The first-order valence-corrected chi connectivity index (χ1v) is 9.24. The van der Waals surface area contributed by atoms with Crippen molar-refractivity contribution in [2.24, 2.45) is 0 Å². The van der Waals surface area contributed by atoms with Crippen LogP contribution in [0.4, 0.5) is 5.69 Å². The van der Waals surface area contributed by atoms with Gasteiger partial charge in [-0.05, 0) is 30.3 Å². The van der Waals surface area contributed by atoms with E-state index in [0.29, 0.717) is 33.6 Å². The van der Waals surface area contributed by atoms with Gasteiger partial charge in [-0.25, -0.2) is 0 Å². The van der Waals surface area contributed by atoms with Crippen LogP contribution in [0.3, 0.4) is 0 Å². The van der Waals surface area contributed by atoms with Gasteiger partial charge in [0.25, 0.3) is 11.5 Å². The molecule has 0 fully saturated rings. The smallest absolute Gasteiger partial charge is 0.279 e. The number of fused-ring (bicyclic) bond motifs is 1. The summed E-state index contributed by atoms with van der Waals surface area (Å²) in [4.78, 5) is 26.3. The molecule has 150 valence electrons. The molecule has 0 aliphatic heterocycles. The van der Waals surface area contributed by atoms with Gasteiger partial charge in [0.15, 0.2) is 5.69 Å². The number of benzene rings is 3. The quantitative estimate of drug-likeness (QED) is 0.552. The molecule has 7 nitrogen and oxygen atoms in total. The molecule has 1 heterocycles. The van der Waals surface area contributed by atoms with E-state index in [2.05, 4.69) is 10.4 Å². The first-order valence-electron chi connectivity index (χ1n) is 9.24.